The number of carbonyl (C=O) groups excluding carboxylic acids is 1. The molecule has 1 saturated heterocycles. The summed E-state index contributed by atoms with van der Waals surface area (Å²) in [5.41, 5.74) is 5.19. The van der Waals surface area contributed by atoms with Crippen molar-refractivity contribution in [3.8, 4) is 6.07 Å². The summed E-state index contributed by atoms with van der Waals surface area (Å²) in [5.74, 6) is 0.143. The summed E-state index contributed by atoms with van der Waals surface area (Å²) >= 11 is 0. The third-order valence-electron chi connectivity index (χ3n) is 2.66. The number of amides is 1. The van der Waals surface area contributed by atoms with Gasteiger partial charge >= 0.3 is 0 Å². The Bertz CT molecular complexity index is 234. The Kier molecular flexibility index (Phi) is 3.26. The molecule has 2 unspecified atom stereocenters. The van der Waals surface area contributed by atoms with Gasteiger partial charge in [-0.05, 0) is 25.8 Å². The number of carbonyl (C=O) groups is 1. The van der Waals surface area contributed by atoms with Crippen molar-refractivity contribution in [3.63, 3.8) is 0 Å². The molecule has 0 saturated carbocycles. The molecule has 13 heavy (non-hydrogen) atoms. The Hall–Kier alpha value is -1.08. The van der Waals surface area contributed by atoms with E-state index in [1.807, 2.05) is 11.8 Å². The van der Waals surface area contributed by atoms with Gasteiger partial charge in [0.15, 0.2) is 0 Å². The first-order valence-corrected chi connectivity index (χ1v) is 4.55. The third-order valence-corrected chi connectivity index (χ3v) is 2.66. The molecule has 2 atom stereocenters. The van der Waals surface area contributed by atoms with Gasteiger partial charge in [-0.3, -0.25) is 9.69 Å². The summed E-state index contributed by atoms with van der Waals surface area (Å²) in [5, 5.41) is 8.50. The van der Waals surface area contributed by atoms with Crippen LogP contribution in [0.15, 0.2) is 0 Å². The monoisotopic (exact) mass is 181 g/mol. The van der Waals surface area contributed by atoms with Crippen LogP contribution in [0.4, 0.5) is 0 Å². The van der Waals surface area contributed by atoms with Crippen molar-refractivity contribution >= 4 is 5.91 Å². The fourth-order valence-corrected chi connectivity index (χ4v) is 1.69. The summed E-state index contributed by atoms with van der Waals surface area (Å²) in [6.07, 6.45) is 1.59. The molecule has 1 rings (SSSR count). The predicted molar refractivity (Wildman–Crippen MR) is 48.6 cm³/mol. The lowest BCUT2D eigenvalue weighted by atomic mass is 10.1. The molecule has 1 fully saturated rings. The number of primary amides is 1. The summed E-state index contributed by atoms with van der Waals surface area (Å²) in [6.45, 7) is 3.53. The zero-order valence-electron chi connectivity index (χ0n) is 7.86. The molecule has 0 aliphatic carbocycles. The number of nitriles is 1. The summed E-state index contributed by atoms with van der Waals surface area (Å²) in [6, 6.07) is 1.96. The van der Waals surface area contributed by atoms with Gasteiger partial charge in [-0.15, -0.1) is 0 Å². The molecule has 2 N–H and O–H groups in total. The zero-order valence-corrected chi connectivity index (χ0v) is 7.86. The van der Waals surface area contributed by atoms with Crippen LogP contribution in [0.25, 0.3) is 0 Å². The second-order valence-electron chi connectivity index (χ2n) is 3.59. The number of rotatable bonds is 3. The number of hydrogen-bond acceptors (Lipinski definition) is 3. The lowest BCUT2D eigenvalue weighted by Gasteiger charge is -2.20. The van der Waals surface area contributed by atoms with Gasteiger partial charge in [0.1, 0.15) is 0 Å². The smallest absolute Gasteiger partial charge is 0.234 e. The molecule has 1 amide bonds. The largest absolute Gasteiger partial charge is 0.368 e. The zero-order chi connectivity index (χ0) is 9.84. The quantitative estimate of drug-likeness (QED) is 0.671. The minimum absolute atomic E-state index is 0.191. The van der Waals surface area contributed by atoms with Crippen LogP contribution < -0.4 is 5.73 Å². The third kappa shape index (κ3) is 2.43. The van der Waals surface area contributed by atoms with E-state index >= 15 is 0 Å². The van der Waals surface area contributed by atoms with E-state index < -0.39 is 0 Å². The molecule has 4 heteroatoms. The van der Waals surface area contributed by atoms with Crippen molar-refractivity contribution in [2.75, 3.05) is 13.1 Å². The first kappa shape index (κ1) is 10.0. The van der Waals surface area contributed by atoms with Gasteiger partial charge in [0.2, 0.25) is 5.91 Å². The first-order chi connectivity index (χ1) is 6.15. The second kappa shape index (κ2) is 4.24. The lowest BCUT2D eigenvalue weighted by molar-refractivity contribution is -0.122. The number of nitrogens with two attached hydrogens (primary N) is 1. The van der Waals surface area contributed by atoms with Crippen LogP contribution in [0.1, 0.15) is 19.8 Å². The van der Waals surface area contributed by atoms with Gasteiger partial charge in [0.25, 0.3) is 0 Å². The van der Waals surface area contributed by atoms with Gasteiger partial charge in [-0.25, -0.2) is 0 Å². The van der Waals surface area contributed by atoms with Crippen molar-refractivity contribution in [2.45, 2.75) is 25.8 Å². The molecule has 0 radical (unpaired) electrons. The molecule has 0 aromatic rings. The molecule has 1 heterocycles. The van der Waals surface area contributed by atoms with Crippen molar-refractivity contribution in [2.24, 2.45) is 11.7 Å². The standard InChI is InChI=1S/C9H15N3O/c1-7(9(11)13)12-5-3-8(6-12)2-4-10/h7-8H,2-3,5-6H2,1H3,(H2,11,13). The molecule has 0 bridgehead atoms. The maximum absolute atomic E-state index is 10.9. The average molecular weight is 181 g/mol. The van der Waals surface area contributed by atoms with Gasteiger partial charge < -0.3 is 5.73 Å². The van der Waals surface area contributed by atoms with Crippen LogP contribution in [0.2, 0.25) is 0 Å². The highest BCUT2D eigenvalue weighted by Crippen LogP contribution is 2.20. The van der Waals surface area contributed by atoms with Crippen LogP contribution in [0.5, 0.6) is 0 Å². The summed E-state index contributed by atoms with van der Waals surface area (Å²) in [7, 11) is 0. The maximum Gasteiger partial charge on any atom is 0.234 e. The minimum atomic E-state index is -0.280. The van der Waals surface area contributed by atoms with Crippen LogP contribution in [-0.4, -0.2) is 29.9 Å². The van der Waals surface area contributed by atoms with E-state index in [1.54, 1.807) is 0 Å². The molecule has 4 nitrogen and oxygen atoms in total. The Morgan fingerprint density at radius 3 is 3.08 bits per heavy atom. The topological polar surface area (TPSA) is 70.1 Å². The molecule has 0 aromatic carbocycles. The lowest BCUT2D eigenvalue weighted by Crippen LogP contribution is -2.41. The van der Waals surface area contributed by atoms with Gasteiger partial charge in [0, 0.05) is 13.0 Å². The molecule has 0 aromatic heterocycles. The molecule has 1 aliphatic rings. The Morgan fingerprint density at radius 1 is 1.85 bits per heavy atom. The fraction of sp³-hybridized carbons (Fsp3) is 0.778. The van der Waals surface area contributed by atoms with Crippen molar-refractivity contribution < 1.29 is 4.79 Å². The molecule has 1 aliphatic heterocycles. The van der Waals surface area contributed by atoms with Gasteiger partial charge in [-0.2, -0.15) is 5.26 Å². The van der Waals surface area contributed by atoms with E-state index in [0.29, 0.717) is 12.3 Å². The summed E-state index contributed by atoms with van der Waals surface area (Å²) in [4.78, 5) is 12.9. The Labute approximate surface area is 78.3 Å². The minimum Gasteiger partial charge on any atom is -0.368 e. The average Bonchev–Trinajstić information content (AvgIpc) is 2.52. The number of likely N-dealkylation sites (tertiary alicyclic amines) is 1. The molecule has 0 spiro atoms. The van der Waals surface area contributed by atoms with Crippen LogP contribution in [0, 0.1) is 17.2 Å². The van der Waals surface area contributed by atoms with Gasteiger partial charge in [0.05, 0.1) is 12.1 Å². The Morgan fingerprint density at radius 2 is 2.54 bits per heavy atom. The van der Waals surface area contributed by atoms with Crippen LogP contribution >= 0.6 is 0 Å². The normalized spacial score (nSPS) is 25.4. The molecular formula is C9H15N3O. The van der Waals surface area contributed by atoms with Crippen LogP contribution in [-0.2, 0) is 4.79 Å². The van der Waals surface area contributed by atoms with Crippen molar-refractivity contribution in [1.29, 1.82) is 5.26 Å². The number of nitrogens with zero attached hydrogens (tertiary/aromatic N) is 2. The van der Waals surface area contributed by atoms with Crippen molar-refractivity contribution in [3.05, 3.63) is 0 Å². The van der Waals surface area contributed by atoms with Gasteiger partial charge in [-0.1, -0.05) is 0 Å². The fourth-order valence-electron chi connectivity index (χ4n) is 1.69. The summed E-state index contributed by atoms with van der Waals surface area (Å²) < 4.78 is 0. The maximum atomic E-state index is 10.9. The van der Waals surface area contributed by atoms with E-state index in [4.69, 9.17) is 11.0 Å². The second-order valence-corrected chi connectivity index (χ2v) is 3.59. The van der Waals surface area contributed by atoms with Crippen LogP contribution in [0.3, 0.4) is 0 Å². The Balaban J connectivity index is 2.41. The highest BCUT2D eigenvalue weighted by atomic mass is 16.1. The van der Waals surface area contributed by atoms with E-state index in [0.717, 1.165) is 19.5 Å². The SMILES string of the molecule is CC(C(N)=O)N1CCC(CC#N)C1. The van der Waals surface area contributed by atoms with Crippen molar-refractivity contribution in [1.82, 2.24) is 4.90 Å². The molecular weight excluding hydrogens is 166 g/mol. The first-order valence-electron chi connectivity index (χ1n) is 4.55. The highest BCUT2D eigenvalue weighted by molar-refractivity contribution is 5.79. The van der Waals surface area contributed by atoms with E-state index in [2.05, 4.69) is 6.07 Å². The number of hydrogen-bond donors (Lipinski definition) is 1. The predicted octanol–water partition coefficient (Wildman–Crippen LogP) is 0.0958. The van der Waals surface area contributed by atoms with E-state index in [1.165, 1.54) is 0 Å². The van der Waals surface area contributed by atoms with E-state index in [-0.39, 0.29) is 11.9 Å². The highest BCUT2D eigenvalue weighted by Gasteiger charge is 2.27. The van der Waals surface area contributed by atoms with E-state index in [9.17, 15) is 4.79 Å². The molecule has 72 valence electrons.